The Labute approximate surface area is 236 Å². The van der Waals surface area contributed by atoms with Crippen molar-refractivity contribution < 1.29 is 23.9 Å². The van der Waals surface area contributed by atoms with Gasteiger partial charge in [-0.25, -0.2) is 9.37 Å². The van der Waals surface area contributed by atoms with E-state index >= 15 is 4.39 Å². The molecule has 16 heteroatoms. The number of carbonyl (C=O) groups is 3. The van der Waals surface area contributed by atoms with Gasteiger partial charge in [0.15, 0.2) is 5.82 Å². The van der Waals surface area contributed by atoms with Crippen molar-refractivity contribution in [3.63, 3.8) is 0 Å². The van der Waals surface area contributed by atoms with Crippen molar-refractivity contribution in [3.8, 4) is 17.1 Å². The molecule has 0 aliphatic carbocycles. The number of hydrogen-bond acceptors (Lipinski definition) is 10. The Hall–Kier alpha value is -5.51. The molecule has 1 aliphatic heterocycles. The fourth-order valence-electron chi connectivity index (χ4n) is 4.96. The van der Waals surface area contributed by atoms with Crippen LogP contribution in [0.1, 0.15) is 20.8 Å². The molecule has 4 aromatic heterocycles. The van der Waals surface area contributed by atoms with E-state index in [1.165, 1.54) is 21.8 Å². The Morgan fingerprint density at radius 2 is 1.86 bits per heavy atom. The lowest BCUT2D eigenvalue weighted by atomic mass is 10.1. The van der Waals surface area contributed by atoms with Gasteiger partial charge in [-0.1, -0.05) is 23.3 Å². The van der Waals surface area contributed by atoms with Crippen molar-refractivity contribution in [1.29, 1.82) is 0 Å². The highest BCUT2D eigenvalue weighted by Crippen LogP contribution is 2.30. The summed E-state index contributed by atoms with van der Waals surface area (Å²) in [5.74, 6) is -2.74. The summed E-state index contributed by atoms with van der Waals surface area (Å²) in [4.78, 5) is 48.7. The van der Waals surface area contributed by atoms with E-state index in [9.17, 15) is 19.5 Å². The predicted octanol–water partition coefficient (Wildman–Crippen LogP) is 0.164. The van der Waals surface area contributed by atoms with Crippen molar-refractivity contribution >= 4 is 34.4 Å². The fourth-order valence-corrected chi connectivity index (χ4v) is 4.96. The number of ketones is 1. The molecule has 0 saturated carbocycles. The van der Waals surface area contributed by atoms with Crippen LogP contribution in [-0.2, 0) is 11.3 Å². The maximum atomic E-state index is 15.0. The van der Waals surface area contributed by atoms with E-state index in [4.69, 9.17) is 5.73 Å². The zero-order valence-electron chi connectivity index (χ0n) is 22.0. The lowest BCUT2D eigenvalue weighted by Gasteiger charge is -2.34. The summed E-state index contributed by atoms with van der Waals surface area (Å²) in [5, 5.41) is 25.4. The molecule has 0 spiro atoms. The van der Waals surface area contributed by atoms with Gasteiger partial charge in [0.1, 0.15) is 17.1 Å². The predicted molar refractivity (Wildman–Crippen MR) is 145 cm³/mol. The van der Waals surface area contributed by atoms with Crippen molar-refractivity contribution in [3.05, 3.63) is 65.9 Å². The van der Waals surface area contributed by atoms with E-state index in [1.54, 1.807) is 4.68 Å². The standard InChI is InChI=1S/C26H24FN11O4/c27-17-14-30-21(18-12-19(24(28)41)37(32-18)10-11-39)22-20(17)16(13-29-22)23(40)25(42)35-6-8-36(9-7-35)26-31-33-34-38(26)15-4-2-1-3-5-15/h1-5,12-14,29,39H,6-11H2,(H2,28,41). The number of piperazine rings is 1. The number of amides is 2. The molecule has 2 amide bonds. The number of aromatic nitrogens is 8. The maximum Gasteiger partial charge on any atom is 0.295 e. The number of halogens is 1. The van der Waals surface area contributed by atoms with Crippen molar-refractivity contribution in [2.45, 2.75) is 6.54 Å². The number of hydrogen-bond donors (Lipinski definition) is 3. The summed E-state index contributed by atoms with van der Waals surface area (Å²) in [6, 6.07) is 10.7. The summed E-state index contributed by atoms with van der Waals surface area (Å²) in [7, 11) is 0. The number of nitrogens with zero attached hydrogens (tertiary/aromatic N) is 9. The van der Waals surface area contributed by atoms with Gasteiger partial charge in [-0.3, -0.25) is 19.1 Å². The molecule has 1 aromatic carbocycles. The van der Waals surface area contributed by atoms with E-state index in [0.29, 0.717) is 19.0 Å². The monoisotopic (exact) mass is 573 g/mol. The van der Waals surface area contributed by atoms with E-state index < -0.39 is 23.4 Å². The number of aliphatic hydroxyl groups is 1. The zero-order valence-corrected chi connectivity index (χ0v) is 22.0. The molecule has 0 atom stereocenters. The number of H-pyrrole nitrogens is 1. The highest BCUT2D eigenvalue weighted by Gasteiger charge is 2.31. The van der Waals surface area contributed by atoms with Gasteiger partial charge in [-0.2, -0.15) is 9.78 Å². The van der Waals surface area contributed by atoms with Gasteiger partial charge in [-0.15, -0.1) is 0 Å². The van der Waals surface area contributed by atoms with E-state index in [2.05, 4.69) is 30.6 Å². The molecule has 6 rings (SSSR count). The molecule has 5 heterocycles. The first-order valence-electron chi connectivity index (χ1n) is 12.9. The number of tetrazole rings is 1. The van der Waals surface area contributed by atoms with Crippen LogP contribution in [0.25, 0.3) is 28.0 Å². The second-order valence-corrected chi connectivity index (χ2v) is 9.47. The van der Waals surface area contributed by atoms with Crippen LogP contribution in [0.5, 0.6) is 0 Å². The minimum Gasteiger partial charge on any atom is -0.394 e. The number of pyridine rings is 1. The van der Waals surface area contributed by atoms with Crippen LogP contribution in [0.4, 0.5) is 10.3 Å². The van der Waals surface area contributed by atoms with Gasteiger partial charge < -0.3 is 25.6 Å². The Morgan fingerprint density at radius 3 is 2.57 bits per heavy atom. The number of benzene rings is 1. The van der Waals surface area contributed by atoms with Crippen molar-refractivity contribution in [2.24, 2.45) is 5.73 Å². The Balaban J connectivity index is 1.22. The molecule has 1 aliphatic rings. The number of nitrogens with two attached hydrogens (primary N) is 1. The summed E-state index contributed by atoms with van der Waals surface area (Å²) < 4.78 is 17.9. The fraction of sp³-hybridized carbons (Fsp3) is 0.231. The molecular weight excluding hydrogens is 549 g/mol. The van der Waals surface area contributed by atoms with Gasteiger partial charge >= 0.3 is 0 Å². The number of carbonyl (C=O) groups excluding carboxylic acids is 3. The second kappa shape index (κ2) is 10.8. The third-order valence-corrected chi connectivity index (χ3v) is 6.99. The minimum absolute atomic E-state index is 0.00000802. The molecule has 0 radical (unpaired) electrons. The molecule has 1 fully saturated rings. The number of para-hydroxylation sites is 1. The SMILES string of the molecule is NC(=O)c1cc(-c2ncc(F)c3c(C(=O)C(=O)N4CCN(c5nnnn5-c5ccccc5)CC4)c[nH]c23)nn1CCO. The van der Waals surface area contributed by atoms with Gasteiger partial charge in [-0.05, 0) is 28.6 Å². The lowest BCUT2D eigenvalue weighted by molar-refractivity contribution is -0.126. The number of nitrogens with one attached hydrogen (secondary N) is 1. The number of rotatable bonds is 8. The van der Waals surface area contributed by atoms with Gasteiger partial charge in [0.2, 0.25) is 5.95 Å². The molecule has 1 saturated heterocycles. The number of anilines is 1. The maximum absolute atomic E-state index is 15.0. The molecule has 15 nitrogen and oxygen atoms in total. The normalized spacial score (nSPS) is 13.6. The summed E-state index contributed by atoms with van der Waals surface area (Å²) in [6.45, 7) is 0.905. The first-order chi connectivity index (χ1) is 20.4. The second-order valence-electron chi connectivity index (χ2n) is 9.47. The van der Waals surface area contributed by atoms with Gasteiger partial charge in [0, 0.05) is 32.4 Å². The Bertz CT molecular complexity index is 1810. The van der Waals surface area contributed by atoms with Gasteiger partial charge in [0.05, 0.1) is 41.5 Å². The topological polar surface area (TPSA) is 194 Å². The summed E-state index contributed by atoms with van der Waals surface area (Å²) in [6.07, 6.45) is 2.17. The minimum atomic E-state index is -0.886. The summed E-state index contributed by atoms with van der Waals surface area (Å²) >= 11 is 0. The number of fused-ring (bicyclic) bond motifs is 1. The average Bonchev–Trinajstić information content (AvgIpc) is 3.77. The van der Waals surface area contributed by atoms with Crippen LogP contribution in [-0.4, -0.2) is 100 Å². The van der Waals surface area contributed by atoms with Crippen LogP contribution in [0, 0.1) is 5.82 Å². The van der Waals surface area contributed by atoms with E-state index in [1.807, 2.05) is 35.2 Å². The first kappa shape index (κ1) is 26.7. The van der Waals surface area contributed by atoms with Crippen molar-refractivity contribution in [1.82, 2.24) is 44.9 Å². The molecule has 0 bridgehead atoms. The Morgan fingerprint density at radius 1 is 1.10 bits per heavy atom. The molecule has 4 N–H and O–H groups in total. The van der Waals surface area contributed by atoms with Gasteiger partial charge in [0.25, 0.3) is 17.6 Å². The van der Waals surface area contributed by atoms with Crippen LogP contribution in [0.15, 0.2) is 48.8 Å². The van der Waals surface area contributed by atoms with Crippen LogP contribution in [0.2, 0.25) is 0 Å². The van der Waals surface area contributed by atoms with Crippen LogP contribution < -0.4 is 10.6 Å². The van der Waals surface area contributed by atoms with Crippen molar-refractivity contribution in [2.75, 3.05) is 37.7 Å². The number of aliphatic hydroxyl groups excluding tert-OH is 1. The number of primary amides is 1. The quantitative estimate of drug-likeness (QED) is 0.170. The van der Waals surface area contributed by atoms with Crippen LogP contribution in [0.3, 0.4) is 0 Å². The highest BCUT2D eigenvalue weighted by atomic mass is 19.1. The summed E-state index contributed by atoms with van der Waals surface area (Å²) in [5.41, 5.74) is 6.50. The smallest absolute Gasteiger partial charge is 0.295 e. The average molecular weight is 574 g/mol. The molecule has 5 aromatic rings. The largest absolute Gasteiger partial charge is 0.394 e. The third-order valence-electron chi connectivity index (χ3n) is 6.99. The highest BCUT2D eigenvalue weighted by molar-refractivity contribution is 6.45. The molecule has 214 valence electrons. The lowest BCUT2D eigenvalue weighted by Crippen LogP contribution is -2.51. The number of aromatic amines is 1. The van der Waals surface area contributed by atoms with Crippen LogP contribution >= 0.6 is 0 Å². The first-order valence-corrected chi connectivity index (χ1v) is 12.9. The molecule has 42 heavy (non-hydrogen) atoms. The zero-order chi connectivity index (χ0) is 29.4. The number of Topliss-reactive ketones (excluding diaryl/α,β-unsaturated/α-hetero) is 1. The molecular formula is C26H24FN11O4. The van der Waals surface area contributed by atoms with E-state index in [0.717, 1.165) is 11.9 Å². The third kappa shape index (κ3) is 4.62. The molecule has 0 unspecified atom stereocenters. The van der Waals surface area contributed by atoms with E-state index in [-0.39, 0.29) is 59.8 Å². The Kier molecular flexibility index (Phi) is 6.87.